The summed E-state index contributed by atoms with van der Waals surface area (Å²) < 4.78 is 10.7. The van der Waals surface area contributed by atoms with Crippen molar-refractivity contribution in [1.82, 2.24) is 5.32 Å². The number of amides is 1. The first-order valence-electron chi connectivity index (χ1n) is 10.1. The Kier molecular flexibility index (Phi) is 4.93. The highest BCUT2D eigenvalue weighted by Gasteiger charge is 2.53. The van der Waals surface area contributed by atoms with Crippen molar-refractivity contribution in [2.75, 3.05) is 13.7 Å². The van der Waals surface area contributed by atoms with Crippen molar-refractivity contribution in [2.45, 2.75) is 51.5 Å². The van der Waals surface area contributed by atoms with Crippen LogP contribution in [0.3, 0.4) is 0 Å². The fourth-order valence-electron chi connectivity index (χ4n) is 6.18. The number of benzene rings is 1. The maximum atomic E-state index is 12.5. The molecule has 1 N–H and O–H groups in total. The number of rotatable bonds is 7. The molecule has 4 aliphatic rings. The third-order valence-corrected chi connectivity index (χ3v) is 7.10. The number of hydrogen-bond donors (Lipinski definition) is 1. The van der Waals surface area contributed by atoms with Gasteiger partial charge in [-0.05, 0) is 74.7 Å². The predicted octanol–water partition coefficient (Wildman–Crippen LogP) is 3.70. The maximum Gasteiger partial charge on any atom is 0.273 e. The van der Waals surface area contributed by atoms with Gasteiger partial charge in [0.15, 0.2) is 18.1 Å². The molecule has 4 aliphatic carbocycles. The molecule has 5 rings (SSSR count). The van der Waals surface area contributed by atoms with Crippen LogP contribution in [0, 0.1) is 33.3 Å². The van der Waals surface area contributed by atoms with E-state index in [1.165, 1.54) is 63.8 Å². The molecule has 4 fully saturated rings. The maximum absolute atomic E-state index is 12.5. The SMILES string of the molecule is COc1ccc([N+](=O)[O-])cc1OCC(=O)N[C@H](C)C12CC3CC(CC(C3)C1)C2. The molecule has 0 spiro atoms. The molecule has 1 atom stereocenters. The molecule has 28 heavy (non-hydrogen) atoms. The minimum absolute atomic E-state index is 0.0989. The van der Waals surface area contributed by atoms with Gasteiger partial charge in [-0.25, -0.2) is 0 Å². The van der Waals surface area contributed by atoms with Crippen molar-refractivity contribution >= 4 is 11.6 Å². The molecule has 0 aliphatic heterocycles. The molecule has 0 heterocycles. The first-order valence-corrected chi connectivity index (χ1v) is 10.1. The van der Waals surface area contributed by atoms with E-state index in [9.17, 15) is 14.9 Å². The van der Waals surface area contributed by atoms with E-state index in [0.29, 0.717) is 5.75 Å². The van der Waals surface area contributed by atoms with Crippen LogP contribution in [0.1, 0.15) is 45.4 Å². The summed E-state index contributed by atoms with van der Waals surface area (Å²) in [4.78, 5) is 23.0. The van der Waals surface area contributed by atoms with Crippen LogP contribution in [0.15, 0.2) is 18.2 Å². The second kappa shape index (κ2) is 7.26. The van der Waals surface area contributed by atoms with Gasteiger partial charge in [-0.2, -0.15) is 0 Å². The minimum atomic E-state index is -0.499. The first kappa shape index (κ1) is 19.0. The van der Waals surface area contributed by atoms with E-state index < -0.39 is 4.92 Å². The van der Waals surface area contributed by atoms with E-state index in [4.69, 9.17) is 9.47 Å². The molecule has 4 saturated carbocycles. The first-order chi connectivity index (χ1) is 13.4. The van der Waals surface area contributed by atoms with Crippen LogP contribution >= 0.6 is 0 Å². The van der Waals surface area contributed by atoms with Gasteiger partial charge < -0.3 is 14.8 Å². The number of nitrogens with one attached hydrogen (secondary N) is 1. The van der Waals surface area contributed by atoms with Crippen molar-refractivity contribution in [2.24, 2.45) is 23.2 Å². The van der Waals surface area contributed by atoms with E-state index in [2.05, 4.69) is 12.2 Å². The zero-order valence-electron chi connectivity index (χ0n) is 16.5. The van der Waals surface area contributed by atoms with Gasteiger partial charge in [0, 0.05) is 12.1 Å². The summed E-state index contributed by atoms with van der Waals surface area (Å²) in [5, 5.41) is 14.1. The summed E-state index contributed by atoms with van der Waals surface area (Å²) in [5.41, 5.74) is 0.131. The molecule has 7 heteroatoms. The fourth-order valence-corrected chi connectivity index (χ4v) is 6.18. The minimum Gasteiger partial charge on any atom is -0.493 e. The molecular weight excluding hydrogens is 360 g/mol. The van der Waals surface area contributed by atoms with Crippen LogP contribution in [0.5, 0.6) is 11.5 Å². The number of nitro benzene ring substituents is 1. The summed E-state index contributed by atoms with van der Waals surface area (Å²) in [5.74, 6) is 2.86. The Bertz CT molecular complexity index is 743. The van der Waals surface area contributed by atoms with Crippen molar-refractivity contribution in [3.8, 4) is 11.5 Å². The molecule has 0 saturated heterocycles. The van der Waals surface area contributed by atoms with Crippen LogP contribution in [0.25, 0.3) is 0 Å². The second-order valence-electron chi connectivity index (χ2n) is 8.95. The normalized spacial score (nSPS) is 31.3. The van der Waals surface area contributed by atoms with Crippen molar-refractivity contribution in [3.63, 3.8) is 0 Å². The number of non-ortho nitro benzene ring substituents is 1. The van der Waals surface area contributed by atoms with Crippen LogP contribution in [-0.4, -0.2) is 30.6 Å². The lowest BCUT2D eigenvalue weighted by Crippen LogP contribution is -2.56. The van der Waals surface area contributed by atoms with Gasteiger partial charge in [0.2, 0.25) is 0 Å². The number of carbonyl (C=O) groups excluding carboxylic acids is 1. The monoisotopic (exact) mass is 388 g/mol. The number of hydrogen-bond acceptors (Lipinski definition) is 5. The van der Waals surface area contributed by atoms with Gasteiger partial charge in [-0.3, -0.25) is 14.9 Å². The van der Waals surface area contributed by atoms with Crippen LogP contribution < -0.4 is 14.8 Å². The van der Waals surface area contributed by atoms with Gasteiger partial charge in [0.05, 0.1) is 18.1 Å². The summed E-state index contributed by atoms with van der Waals surface area (Å²) in [6, 6.07) is 4.22. The second-order valence-corrected chi connectivity index (χ2v) is 8.95. The van der Waals surface area contributed by atoms with Crippen molar-refractivity contribution in [1.29, 1.82) is 0 Å². The smallest absolute Gasteiger partial charge is 0.273 e. The van der Waals surface area contributed by atoms with Crippen molar-refractivity contribution < 1.29 is 19.2 Å². The Morgan fingerprint density at radius 1 is 1.21 bits per heavy atom. The standard InChI is InChI=1S/C21H28N2O5/c1-13(21-9-14-5-15(10-21)7-16(6-14)11-21)22-20(24)12-28-19-8-17(23(25)26)3-4-18(19)27-2/h3-4,8,13-16H,5-7,9-12H2,1-2H3,(H,22,24)/t13-,14?,15?,16?,21?/m1/s1. The van der Waals surface area contributed by atoms with E-state index in [1.54, 1.807) is 0 Å². The quantitative estimate of drug-likeness (QED) is 0.568. The molecule has 1 amide bonds. The molecular formula is C21H28N2O5. The molecule has 152 valence electrons. The number of nitro groups is 1. The summed E-state index contributed by atoms with van der Waals surface area (Å²) in [7, 11) is 1.46. The average molecular weight is 388 g/mol. The number of carbonyl (C=O) groups is 1. The summed E-state index contributed by atoms with van der Waals surface area (Å²) in [6.07, 6.45) is 7.78. The fraction of sp³-hybridized carbons (Fsp3) is 0.667. The Labute approximate surface area is 164 Å². The van der Waals surface area contributed by atoms with Gasteiger partial charge in [-0.1, -0.05) is 0 Å². The third-order valence-electron chi connectivity index (χ3n) is 7.10. The lowest BCUT2D eigenvalue weighted by Gasteiger charge is -2.59. The van der Waals surface area contributed by atoms with Gasteiger partial charge in [0.1, 0.15) is 0 Å². The Hall–Kier alpha value is -2.31. The topological polar surface area (TPSA) is 90.7 Å². The van der Waals surface area contributed by atoms with E-state index in [-0.39, 0.29) is 35.4 Å². The molecule has 7 nitrogen and oxygen atoms in total. The molecule has 1 aromatic carbocycles. The highest BCUT2D eigenvalue weighted by atomic mass is 16.6. The number of methoxy groups -OCH3 is 1. The van der Waals surface area contributed by atoms with Crippen molar-refractivity contribution in [3.05, 3.63) is 28.3 Å². The largest absolute Gasteiger partial charge is 0.493 e. The number of nitrogens with zero attached hydrogens (tertiary/aromatic N) is 1. The zero-order valence-corrected chi connectivity index (χ0v) is 16.5. The lowest BCUT2D eigenvalue weighted by atomic mass is 9.48. The lowest BCUT2D eigenvalue weighted by molar-refractivity contribution is -0.385. The summed E-state index contributed by atoms with van der Waals surface area (Å²) in [6.45, 7) is 1.94. The third kappa shape index (κ3) is 3.54. The van der Waals surface area contributed by atoms with Gasteiger partial charge >= 0.3 is 0 Å². The van der Waals surface area contributed by atoms with E-state index in [0.717, 1.165) is 17.8 Å². The van der Waals surface area contributed by atoms with Crippen LogP contribution in [0.2, 0.25) is 0 Å². The Morgan fingerprint density at radius 2 is 1.82 bits per heavy atom. The highest BCUT2D eigenvalue weighted by Crippen LogP contribution is 2.61. The van der Waals surface area contributed by atoms with E-state index >= 15 is 0 Å². The zero-order chi connectivity index (χ0) is 19.9. The number of ether oxygens (including phenoxy) is 2. The average Bonchev–Trinajstić information content (AvgIpc) is 2.65. The highest BCUT2D eigenvalue weighted by molar-refractivity contribution is 5.78. The van der Waals surface area contributed by atoms with Crippen LogP contribution in [-0.2, 0) is 4.79 Å². The van der Waals surface area contributed by atoms with Gasteiger partial charge in [-0.15, -0.1) is 0 Å². The molecule has 0 radical (unpaired) electrons. The van der Waals surface area contributed by atoms with Crippen LogP contribution in [0.4, 0.5) is 5.69 Å². The molecule has 4 bridgehead atoms. The summed E-state index contributed by atoms with van der Waals surface area (Å²) >= 11 is 0. The van der Waals surface area contributed by atoms with Gasteiger partial charge in [0.25, 0.3) is 11.6 Å². The van der Waals surface area contributed by atoms with E-state index in [1.807, 2.05) is 0 Å². The Balaban J connectivity index is 1.37. The Morgan fingerprint density at radius 3 is 2.36 bits per heavy atom. The molecule has 0 aromatic heterocycles. The predicted molar refractivity (Wildman–Crippen MR) is 103 cm³/mol. The molecule has 1 aromatic rings. The molecule has 0 unspecified atom stereocenters.